The average molecular weight is 319 g/mol. The molecule has 1 aliphatic rings. The van der Waals surface area contributed by atoms with E-state index in [2.05, 4.69) is 35.8 Å². The molecule has 0 bridgehead atoms. The van der Waals surface area contributed by atoms with Gasteiger partial charge in [-0.2, -0.15) is 15.1 Å². The van der Waals surface area contributed by atoms with Crippen molar-refractivity contribution in [2.75, 3.05) is 10.6 Å². The van der Waals surface area contributed by atoms with Crippen LogP contribution in [0.25, 0.3) is 21.9 Å². The van der Waals surface area contributed by atoms with Gasteiger partial charge in [-0.05, 0) is 43.5 Å². The molecule has 1 aliphatic carbocycles. The topological polar surface area (TPSA) is 94.3 Å². The quantitative estimate of drug-likeness (QED) is 0.461. The Balaban J connectivity index is 1.50. The highest BCUT2D eigenvalue weighted by atomic mass is 15.2. The van der Waals surface area contributed by atoms with E-state index in [1.807, 2.05) is 30.5 Å². The van der Waals surface area contributed by atoms with Gasteiger partial charge in [0, 0.05) is 23.3 Å². The lowest BCUT2D eigenvalue weighted by Gasteiger charge is -2.27. The predicted molar refractivity (Wildman–Crippen MR) is 94.5 cm³/mol. The summed E-state index contributed by atoms with van der Waals surface area (Å²) in [6.07, 6.45) is 7.40. The molecule has 0 amide bonds. The average Bonchev–Trinajstić information content (AvgIpc) is 3.18. The van der Waals surface area contributed by atoms with Crippen LogP contribution in [0.5, 0.6) is 0 Å². The van der Waals surface area contributed by atoms with Crippen LogP contribution >= 0.6 is 0 Å². The van der Waals surface area contributed by atoms with Gasteiger partial charge in [-0.3, -0.25) is 5.10 Å². The van der Waals surface area contributed by atoms with Gasteiger partial charge in [0.2, 0.25) is 5.95 Å². The van der Waals surface area contributed by atoms with Gasteiger partial charge < -0.3 is 15.6 Å². The Hall–Kier alpha value is -3.09. The molecule has 0 saturated heterocycles. The van der Waals surface area contributed by atoms with E-state index in [4.69, 9.17) is 0 Å². The van der Waals surface area contributed by atoms with Crippen LogP contribution in [0.15, 0.2) is 36.7 Å². The monoisotopic (exact) mass is 319 g/mol. The molecule has 7 heteroatoms. The van der Waals surface area contributed by atoms with Gasteiger partial charge in [0.25, 0.3) is 0 Å². The molecule has 1 aromatic carbocycles. The highest BCUT2D eigenvalue weighted by molar-refractivity contribution is 5.89. The first-order chi connectivity index (χ1) is 11.8. The maximum Gasteiger partial charge on any atom is 0.231 e. The molecule has 4 N–H and O–H groups in total. The molecule has 0 aliphatic heterocycles. The summed E-state index contributed by atoms with van der Waals surface area (Å²) in [5.74, 6) is 1.47. The number of hydrogen-bond acceptors (Lipinski definition) is 5. The second-order valence-electron chi connectivity index (χ2n) is 6.20. The van der Waals surface area contributed by atoms with Crippen LogP contribution in [0, 0.1) is 0 Å². The third-order valence-corrected chi connectivity index (χ3v) is 4.56. The zero-order valence-electron chi connectivity index (χ0n) is 13.0. The van der Waals surface area contributed by atoms with Crippen LogP contribution in [-0.4, -0.2) is 31.2 Å². The number of rotatable bonds is 4. The van der Waals surface area contributed by atoms with Crippen molar-refractivity contribution in [3.8, 4) is 0 Å². The lowest BCUT2D eigenvalue weighted by molar-refractivity contribution is 0.445. The Morgan fingerprint density at radius 1 is 1.12 bits per heavy atom. The number of nitrogens with zero attached hydrogens (tertiary/aromatic N) is 3. The third kappa shape index (κ3) is 2.25. The highest BCUT2D eigenvalue weighted by Gasteiger charge is 2.19. The minimum absolute atomic E-state index is 0.521. The lowest BCUT2D eigenvalue weighted by Crippen LogP contribution is -2.27. The Kier molecular flexibility index (Phi) is 2.91. The number of hydrogen-bond donors (Lipinski definition) is 4. The molecule has 120 valence electrons. The summed E-state index contributed by atoms with van der Waals surface area (Å²) in [6, 6.07) is 8.54. The second kappa shape index (κ2) is 5.23. The van der Waals surface area contributed by atoms with Gasteiger partial charge in [0.1, 0.15) is 11.5 Å². The summed E-state index contributed by atoms with van der Waals surface area (Å²) in [4.78, 5) is 12.4. The Bertz CT molecular complexity index is 1010. The molecule has 3 heterocycles. The summed E-state index contributed by atoms with van der Waals surface area (Å²) in [5.41, 5.74) is 2.77. The molecule has 3 aromatic heterocycles. The molecule has 0 spiro atoms. The van der Waals surface area contributed by atoms with Crippen molar-refractivity contribution in [3.63, 3.8) is 0 Å². The number of fused-ring (bicyclic) bond motifs is 2. The normalized spacial score (nSPS) is 14.8. The van der Waals surface area contributed by atoms with Gasteiger partial charge >= 0.3 is 0 Å². The third-order valence-electron chi connectivity index (χ3n) is 4.56. The first kappa shape index (κ1) is 13.4. The van der Waals surface area contributed by atoms with Crippen LogP contribution < -0.4 is 10.6 Å². The molecule has 0 radical (unpaired) electrons. The number of benzene rings is 1. The van der Waals surface area contributed by atoms with Crippen molar-refractivity contribution in [2.45, 2.75) is 25.3 Å². The number of nitrogens with one attached hydrogen (secondary N) is 4. The molecule has 5 rings (SSSR count). The van der Waals surface area contributed by atoms with E-state index in [0.29, 0.717) is 12.0 Å². The number of anilines is 3. The van der Waals surface area contributed by atoms with Crippen molar-refractivity contribution in [1.82, 2.24) is 25.1 Å². The molecule has 0 unspecified atom stereocenters. The lowest BCUT2D eigenvalue weighted by atomic mass is 9.93. The van der Waals surface area contributed by atoms with Crippen molar-refractivity contribution in [1.29, 1.82) is 0 Å². The van der Waals surface area contributed by atoms with Crippen molar-refractivity contribution >= 4 is 39.4 Å². The van der Waals surface area contributed by atoms with Gasteiger partial charge in [0.15, 0.2) is 0 Å². The largest absolute Gasteiger partial charge is 0.367 e. The minimum atomic E-state index is 0.521. The van der Waals surface area contributed by atoms with Gasteiger partial charge in [-0.25, -0.2) is 0 Å². The smallest absolute Gasteiger partial charge is 0.231 e. The predicted octanol–water partition coefficient (Wildman–Crippen LogP) is 3.54. The molecule has 24 heavy (non-hydrogen) atoms. The van der Waals surface area contributed by atoms with Crippen LogP contribution in [-0.2, 0) is 0 Å². The summed E-state index contributed by atoms with van der Waals surface area (Å²) in [5, 5.41) is 15.9. The van der Waals surface area contributed by atoms with Crippen molar-refractivity contribution < 1.29 is 0 Å². The van der Waals surface area contributed by atoms with Gasteiger partial charge in [0.05, 0.1) is 17.1 Å². The van der Waals surface area contributed by atoms with E-state index < -0.39 is 0 Å². The zero-order chi connectivity index (χ0) is 15.9. The highest BCUT2D eigenvalue weighted by Crippen LogP contribution is 2.28. The molecular formula is C17H17N7. The fourth-order valence-electron chi connectivity index (χ4n) is 3.00. The molecule has 0 atom stereocenters. The van der Waals surface area contributed by atoms with E-state index in [0.717, 1.165) is 33.4 Å². The first-order valence-electron chi connectivity index (χ1n) is 8.17. The Morgan fingerprint density at radius 3 is 2.96 bits per heavy atom. The van der Waals surface area contributed by atoms with E-state index in [-0.39, 0.29) is 0 Å². The first-order valence-corrected chi connectivity index (χ1v) is 8.17. The fourth-order valence-corrected chi connectivity index (χ4v) is 3.00. The van der Waals surface area contributed by atoms with E-state index >= 15 is 0 Å². The number of aromatic nitrogens is 5. The van der Waals surface area contributed by atoms with Gasteiger partial charge in [-0.1, -0.05) is 0 Å². The van der Waals surface area contributed by atoms with Crippen LogP contribution in [0.3, 0.4) is 0 Å². The van der Waals surface area contributed by atoms with Crippen molar-refractivity contribution in [3.05, 3.63) is 36.7 Å². The van der Waals surface area contributed by atoms with E-state index in [9.17, 15) is 0 Å². The van der Waals surface area contributed by atoms with E-state index in [1.54, 1.807) is 6.20 Å². The molecule has 4 aromatic rings. The standard InChI is InChI=1S/C17H17N7/c1-2-11(3-1)20-16-13-6-7-18-15(13)22-17(23-16)21-12-4-5-14-10(8-12)9-19-24-14/h4-9,11H,1-3H2,(H,19,24)(H3,18,20,21,22,23). The van der Waals surface area contributed by atoms with Crippen LogP contribution in [0.1, 0.15) is 19.3 Å². The summed E-state index contributed by atoms with van der Waals surface area (Å²) >= 11 is 0. The van der Waals surface area contributed by atoms with Crippen molar-refractivity contribution in [2.24, 2.45) is 0 Å². The number of H-pyrrole nitrogens is 2. The minimum Gasteiger partial charge on any atom is -0.367 e. The summed E-state index contributed by atoms with van der Waals surface area (Å²) in [6.45, 7) is 0. The van der Waals surface area contributed by atoms with Crippen LogP contribution in [0.2, 0.25) is 0 Å². The van der Waals surface area contributed by atoms with E-state index in [1.165, 1.54) is 19.3 Å². The number of aromatic amines is 2. The second-order valence-corrected chi connectivity index (χ2v) is 6.20. The maximum absolute atomic E-state index is 4.68. The van der Waals surface area contributed by atoms with Gasteiger partial charge in [-0.15, -0.1) is 0 Å². The molecule has 1 saturated carbocycles. The zero-order valence-corrected chi connectivity index (χ0v) is 13.0. The summed E-state index contributed by atoms with van der Waals surface area (Å²) < 4.78 is 0. The SMILES string of the molecule is c1cc2c(NC3CCC3)nc(Nc3ccc4[nH]ncc4c3)nc2[nH]1. The van der Waals surface area contributed by atoms with Crippen LogP contribution in [0.4, 0.5) is 17.5 Å². The molecule has 1 fully saturated rings. The fraction of sp³-hybridized carbons (Fsp3) is 0.235. The summed E-state index contributed by atoms with van der Waals surface area (Å²) in [7, 11) is 0. The Morgan fingerprint density at radius 2 is 2.08 bits per heavy atom. The maximum atomic E-state index is 4.68. The molecular weight excluding hydrogens is 302 g/mol. The molecule has 7 nitrogen and oxygen atoms in total. The Labute approximate surface area is 137 Å².